The number of aromatic nitrogens is 5. The van der Waals surface area contributed by atoms with E-state index in [-0.39, 0.29) is 0 Å². The summed E-state index contributed by atoms with van der Waals surface area (Å²) in [7, 11) is 2.17. The summed E-state index contributed by atoms with van der Waals surface area (Å²) in [5.41, 5.74) is 4.26. The molecule has 8 nitrogen and oxygen atoms in total. The van der Waals surface area contributed by atoms with Crippen molar-refractivity contribution in [3.63, 3.8) is 0 Å². The zero-order valence-electron chi connectivity index (χ0n) is 15.0. The van der Waals surface area contributed by atoms with Crippen LogP contribution in [0.1, 0.15) is 5.56 Å². The SMILES string of the molecule is Cc1cc(Nc2ncn(-c3ccnnc3)n2)cc(N2CCN(C)CC2)c1. The molecule has 1 aliphatic heterocycles. The molecule has 0 bridgehead atoms. The number of nitrogens with one attached hydrogen (secondary N) is 1. The Bertz CT molecular complexity index is 868. The average molecular weight is 350 g/mol. The normalized spacial score (nSPS) is 15.2. The van der Waals surface area contributed by atoms with Gasteiger partial charge in [0.25, 0.3) is 0 Å². The maximum Gasteiger partial charge on any atom is 0.246 e. The lowest BCUT2D eigenvalue weighted by Gasteiger charge is -2.34. The fraction of sp³-hybridized carbons (Fsp3) is 0.333. The Morgan fingerprint density at radius 2 is 1.85 bits per heavy atom. The van der Waals surface area contributed by atoms with E-state index in [4.69, 9.17) is 0 Å². The van der Waals surface area contributed by atoms with E-state index < -0.39 is 0 Å². The van der Waals surface area contributed by atoms with E-state index in [1.54, 1.807) is 23.4 Å². The maximum absolute atomic E-state index is 4.46. The van der Waals surface area contributed by atoms with Crippen LogP contribution in [0.15, 0.2) is 43.0 Å². The van der Waals surface area contributed by atoms with Crippen LogP contribution in [0, 0.1) is 6.92 Å². The molecule has 0 saturated carbocycles. The Kier molecular flexibility index (Phi) is 4.49. The Labute approximate surface area is 152 Å². The quantitative estimate of drug-likeness (QED) is 0.770. The van der Waals surface area contributed by atoms with Gasteiger partial charge in [-0.15, -0.1) is 5.10 Å². The molecule has 8 heteroatoms. The molecule has 1 aromatic carbocycles. The summed E-state index contributed by atoms with van der Waals surface area (Å²) < 4.78 is 1.67. The van der Waals surface area contributed by atoms with E-state index in [1.165, 1.54) is 11.3 Å². The molecular formula is C18H22N8. The van der Waals surface area contributed by atoms with Crippen molar-refractivity contribution in [3.8, 4) is 5.69 Å². The third-order valence-corrected chi connectivity index (χ3v) is 4.51. The van der Waals surface area contributed by atoms with E-state index in [9.17, 15) is 0 Å². The van der Waals surface area contributed by atoms with Gasteiger partial charge >= 0.3 is 0 Å². The molecule has 0 atom stereocenters. The van der Waals surface area contributed by atoms with Crippen LogP contribution in [-0.4, -0.2) is 63.1 Å². The molecule has 1 saturated heterocycles. The predicted octanol–water partition coefficient (Wildman–Crippen LogP) is 1.86. The molecule has 3 aromatic rings. The number of nitrogens with zero attached hydrogens (tertiary/aromatic N) is 7. The summed E-state index contributed by atoms with van der Waals surface area (Å²) in [6.07, 6.45) is 4.94. The van der Waals surface area contributed by atoms with Gasteiger partial charge in [0, 0.05) is 37.6 Å². The average Bonchev–Trinajstić information content (AvgIpc) is 3.11. The van der Waals surface area contributed by atoms with Gasteiger partial charge in [0.15, 0.2) is 0 Å². The Balaban J connectivity index is 1.52. The summed E-state index contributed by atoms with van der Waals surface area (Å²) >= 11 is 0. The topological polar surface area (TPSA) is 75.0 Å². The second-order valence-corrected chi connectivity index (χ2v) is 6.59. The first-order chi connectivity index (χ1) is 12.7. The second kappa shape index (κ2) is 7.09. The van der Waals surface area contributed by atoms with Crippen LogP contribution in [-0.2, 0) is 0 Å². The minimum atomic E-state index is 0.553. The van der Waals surface area contributed by atoms with Crippen LogP contribution in [0.3, 0.4) is 0 Å². The van der Waals surface area contributed by atoms with Crippen LogP contribution in [0.25, 0.3) is 5.69 Å². The van der Waals surface area contributed by atoms with Crippen molar-refractivity contribution in [2.45, 2.75) is 6.92 Å². The van der Waals surface area contributed by atoms with Crippen LogP contribution in [0.4, 0.5) is 17.3 Å². The number of hydrogen-bond donors (Lipinski definition) is 1. The molecule has 1 aliphatic rings. The molecule has 0 aliphatic carbocycles. The van der Waals surface area contributed by atoms with Crippen molar-refractivity contribution in [3.05, 3.63) is 48.5 Å². The van der Waals surface area contributed by atoms with Gasteiger partial charge in [0.05, 0.1) is 18.1 Å². The number of anilines is 3. The van der Waals surface area contributed by atoms with E-state index >= 15 is 0 Å². The lowest BCUT2D eigenvalue weighted by atomic mass is 10.1. The molecule has 2 aromatic heterocycles. The summed E-state index contributed by atoms with van der Waals surface area (Å²) in [6.45, 7) is 6.37. The summed E-state index contributed by atoms with van der Waals surface area (Å²) in [4.78, 5) is 9.12. The van der Waals surface area contributed by atoms with E-state index in [2.05, 4.69) is 67.6 Å². The molecule has 134 valence electrons. The molecular weight excluding hydrogens is 328 g/mol. The van der Waals surface area contributed by atoms with E-state index in [1.807, 2.05) is 6.07 Å². The zero-order chi connectivity index (χ0) is 17.9. The molecule has 1 fully saturated rings. The highest BCUT2D eigenvalue weighted by Gasteiger charge is 2.15. The number of hydrogen-bond acceptors (Lipinski definition) is 7. The van der Waals surface area contributed by atoms with Crippen molar-refractivity contribution in [1.82, 2.24) is 29.9 Å². The van der Waals surface area contributed by atoms with Gasteiger partial charge in [-0.3, -0.25) is 0 Å². The molecule has 0 radical (unpaired) electrons. The van der Waals surface area contributed by atoms with Crippen LogP contribution in [0.2, 0.25) is 0 Å². The molecule has 26 heavy (non-hydrogen) atoms. The Hall–Kier alpha value is -3.00. The molecule has 1 N–H and O–H groups in total. The maximum atomic E-state index is 4.46. The van der Waals surface area contributed by atoms with Crippen molar-refractivity contribution in [1.29, 1.82) is 0 Å². The minimum Gasteiger partial charge on any atom is -0.369 e. The predicted molar refractivity (Wildman–Crippen MR) is 101 cm³/mol. The number of benzene rings is 1. The monoisotopic (exact) mass is 350 g/mol. The number of piperazine rings is 1. The smallest absolute Gasteiger partial charge is 0.246 e. The summed E-state index contributed by atoms with van der Waals surface area (Å²) in [5.74, 6) is 0.553. The van der Waals surface area contributed by atoms with Gasteiger partial charge in [-0.25, -0.2) is 4.68 Å². The second-order valence-electron chi connectivity index (χ2n) is 6.59. The van der Waals surface area contributed by atoms with Crippen LogP contribution < -0.4 is 10.2 Å². The first kappa shape index (κ1) is 16.5. The van der Waals surface area contributed by atoms with Crippen LogP contribution in [0.5, 0.6) is 0 Å². The Morgan fingerprint density at radius 3 is 2.62 bits per heavy atom. The van der Waals surface area contributed by atoms with E-state index in [0.29, 0.717) is 5.95 Å². The Morgan fingerprint density at radius 1 is 1.00 bits per heavy atom. The zero-order valence-corrected chi connectivity index (χ0v) is 15.0. The number of aryl methyl sites for hydroxylation is 1. The first-order valence-corrected chi connectivity index (χ1v) is 8.68. The molecule has 0 unspecified atom stereocenters. The number of likely N-dealkylation sites (N-methyl/N-ethyl adjacent to an activating group) is 1. The highest BCUT2D eigenvalue weighted by atomic mass is 15.4. The van der Waals surface area contributed by atoms with Gasteiger partial charge in [-0.1, -0.05) is 0 Å². The third-order valence-electron chi connectivity index (χ3n) is 4.51. The third kappa shape index (κ3) is 3.65. The van der Waals surface area contributed by atoms with Crippen molar-refractivity contribution >= 4 is 17.3 Å². The van der Waals surface area contributed by atoms with Crippen molar-refractivity contribution in [2.24, 2.45) is 0 Å². The molecule has 0 amide bonds. The highest BCUT2D eigenvalue weighted by Crippen LogP contribution is 2.25. The lowest BCUT2D eigenvalue weighted by molar-refractivity contribution is 0.313. The standard InChI is InChI=1S/C18H22N8/c1-14-9-15(11-17(10-14)25-7-5-24(2)6-8-25)22-18-19-13-26(23-18)16-3-4-20-21-12-16/h3-4,9-13H,5-8H2,1-2H3,(H,22,23). The fourth-order valence-corrected chi connectivity index (χ4v) is 3.08. The van der Waals surface area contributed by atoms with Gasteiger partial charge in [0.2, 0.25) is 5.95 Å². The molecule has 0 spiro atoms. The summed E-state index contributed by atoms with van der Waals surface area (Å²) in [5, 5.41) is 15.4. The van der Waals surface area contributed by atoms with Crippen molar-refractivity contribution in [2.75, 3.05) is 43.4 Å². The van der Waals surface area contributed by atoms with Gasteiger partial charge < -0.3 is 15.1 Å². The largest absolute Gasteiger partial charge is 0.369 e. The lowest BCUT2D eigenvalue weighted by Crippen LogP contribution is -2.44. The van der Waals surface area contributed by atoms with Gasteiger partial charge in [-0.2, -0.15) is 15.2 Å². The van der Waals surface area contributed by atoms with E-state index in [0.717, 1.165) is 37.6 Å². The molecule has 4 rings (SSSR count). The molecule has 3 heterocycles. The highest BCUT2D eigenvalue weighted by molar-refractivity contribution is 5.64. The fourth-order valence-electron chi connectivity index (χ4n) is 3.08. The number of rotatable bonds is 4. The van der Waals surface area contributed by atoms with Crippen molar-refractivity contribution < 1.29 is 0 Å². The minimum absolute atomic E-state index is 0.553. The first-order valence-electron chi connectivity index (χ1n) is 8.68. The van der Waals surface area contributed by atoms with Crippen LogP contribution >= 0.6 is 0 Å². The summed E-state index contributed by atoms with van der Waals surface area (Å²) in [6, 6.07) is 8.33. The van der Waals surface area contributed by atoms with Gasteiger partial charge in [0.1, 0.15) is 6.33 Å². The van der Waals surface area contributed by atoms with Gasteiger partial charge in [-0.05, 0) is 43.8 Å².